The van der Waals surface area contributed by atoms with Crippen LogP contribution in [0, 0.1) is 0 Å². The summed E-state index contributed by atoms with van der Waals surface area (Å²) >= 11 is 0. The van der Waals surface area contributed by atoms with Crippen LogP contribution in [0.2, 0.25) is 0 Å². The fourth-order valence-electron chi connectivity index (χ4n) is 5.21. The van der Waals surface area contributed by atoms with Crippen LogP contribution in [0.4, 0.5) is 0 Å². The highest BCUT2D eigenvalue weighted by atomic mass is 16.3. The largest absolute Gasteiger partial charge is 0.393 e. The molecule has 3 heterocycles. The third kappa shape index (κ3) is 4.68. The summed E-state index contributed by atoms with van der Waals surface area (Å²) in [7, 11) is 2.11. The van der Waals surface area contributed by atoms with Gasteiger partial charge in [0.1, 0.15) is 6.04 Å². The second-order valence-corrected chi connectivity index (χ2v) is 8.97. The van der Waals surface area contributed by atoms with Gasteiger partial charge in [-0.2, -0.15) is 0 Å². The van der Waals surface area contributed by atoms with Gasteiger partial charge >= 0.3 is 0 Å². The fraction of sp³-hybridized carbons (Fsp3) is 0.652. The molecule has 0 unspecified atom stereocenters. The Labute approximate surface area is 179 Å². The van der Waals surface area contributed by atoms with Crippen LogP contribution in [-0.4, -0.2) is 89.1 Å². The number of likely N-dealkylation sites (tertiary alicyclic amines) is 2. The van der Waals surface area contributed by atoms with E-state index in [2.05, 4.69) is 34.3 Å². The molecular formula is C23H34N4O3. The smallest absolute Gasteiger partial charge is 0.239 e. The molecule has 0 spiro atoms. The van der Waals surface area contributed by atoms with Gasteiger partial charge in [0.05, 0.1) is 6.10 Å². The Hall–Kier alpha value is -1.96. The van der Waals surface area contributed by atoms with Crippen LogP contribution in [-0.2, 0) is 16.1 Å². The number of hydrogen-bond donors (Lipinski definition) is 2. The zero-order chi connectivity index (χ0) is 21.1. The fourth-order valence-corrected chi connectivity index (χ4v) is 5.21. The molecule has 0 radical (unpaired) electrons. The molecule has 7 nitrogen and oxygen atoms in total. The molecule has 30 heavy (non-hydrogen) atoms. The third-order valence-corrected chi connectivity index (χ3v) is 7.09. The second-order valence-electron chi connectivity index (χ2n) is 8.97. The topological polar surface area (TPSA) is 76.1 Å². The Balaban J connectivity index is 1.35. The molecule has 0 aliphatic carbocycles. The molecule has 3 aliphatic heterocycles. The van der Waals surface area contributed by atoms with E-state index in [1.807, 2.05) is 23.1 Å². The van der Waals surface area contributed by atoms with Gasteiger partial charge < -0.3 is 15.3 Å². The van der Waals surface area contributed by atoms with E-state index in [0.29, 0.717) is 38.9 Å². The lowest BCUT2D eigenvalue weighted by Gasteiger charge is -2.34. The SMILES string of the molecule is CN1[C@@H](CCC(=O)N2CCC(O)CC2)CNC(=O)[C@@H]2[C@@H]1CCN2Cc1ccccc1. The Morgan fingerprint density at radius 3 is 2.60 bits per heavy atom. The van der Waals surface area contributed by atoms with Crippen molar-refractivity contribution in [2.75, 3.05) is 33.2 Å². The zero-order valence-corrected chi connectivity index (χ0v) is 17.9. The summed E-state index contributed by atoms with van der Waals surface area (Å²) in [5.41, 5.74) is 1.23. The maximum Gasteiger partial charge on any atom is 0.239 e. The zero-order valence-electron chi connectivity index (χ0n) is 17.9. The number of nitrogens with zero attached hydrogens (tertiary/aromatic N) is 3. The molecule has 1 aromatic rings. The van der Waals surface area contributed by atoms with E-state index in [1.54, 1.807) is 0 Å². The van der Waals surface area contributed by atoms with Gasteiger partial charge in [-0.05, 0) is 38.3 Å². The lowest BCUT2D eigenvalue weighted by Crippen LogP contribution is -2.49. The standard InChI is InChI=1S/C23H34N4O3/c1-25-18(7-8-21(29)26-12-9-19(28)10-13-26)15-24-23(30)22-20(25)11-14-27(22)16-17-5-3-2-4-6-17/h2-6,18-20,22,28H,7-16H2,1H3,(H,24,30)/t18-,20-,22-/m0/s1. The molecule has 2 amide bonds. The summed E-state index contributed by atoms with van der Waals surface area (Å²) in [6.45, 7) is 3.58. The third-order valence-electron chi connectivity index (χ3n) is 7.09. The lowest BCUT2D eigenvalue weighted by atomic mass is 10.0. The number of aliphatic hydroxyl groups excluding tert-OH is 1. The minimum Gasteiger partial charge on any atom is -0.393 e. The molecule has 3 aliphatic rings. The van der Waals surface area contributed by atoms with E-state index in [1.165, 1.54) is 5.56 Å². The van der Waals surface area contributed by atoms with Gasteiger partial charge in [0.15, 0.2) is 0 Å². The van der Waals surface area contributed by atoms with Crippen LogP contribution in [0.15, 0.2) is 30.3 Å². The van der Waals surface area contributed by atoms with Gasteiger partial charge in [-0.1, -0.05) is 30.3 Å². The normalized spacial score (nSPS) is 28.8. The average Bonchev–Trinajstić information content (AvgIpc) is 3.12. The predicted octanol–water partition coefficient (Wildman–Crippen LogP) is 0.823. The highest BCUT2D eigenvalue weighted by molar-refractivity contribution is 5.83. The molecule has 3 atom stereocenters. The number of carbonyl (C=O) groups excluding carboxylic acids is 2. The van der Waals surface area contributed by atoms with Crippen molar-refractivity contribution >= 4 is 11.8 Å². The Bertz CT molecular complexity index is 735. The van der Waals surface area contributed by atoms with Crippen LogP contribution < -0.4 is 5.32 Å². The molecule has 7 heteroatoms. The molecule has 4 rings (SSSR count). The van der Waals surface area contributed by atoms with Crippen molar-refractivity contribution in [1.82, 2.24) is 20.0 Å². The van der Waals surface area contributed by atoms with Gasteiger partial charge in [0.25, 0.3) is 0 Å². The van der Waals surface area contributed by atoms with Gasteiger partial charge in [-0.25, -0.2) is 0 Å². The van der Waals surface area contributed by atoms with Crippen molar-refractivity contribution in [2.24, 2.45) is 0 Å². The van der Waals surface area contributed by atoms with Gasteiger partial charge in [-0.3, -0.25) is 19.4 Å². The van der Waals surface area contributed by atoms with E-state index >= 15 is 0 Å². The predicted molar refractivity (Wildman–Crippen MR) is 115 cm³/mol. The number of fused-ring (bicyclic) bond motifs is 1. The number of nitrogens with one attached hydrogen (secondary N) is 1. The van der Waals surface area contributed by atoms with E-state index in [0.717, 1.165) is 25.9 Å². The lowest BCUT2D eigenvalue weighted by molar-refractivity contribution is -0.133. The molecule has 1 aromatic carbocycles. The van der Waals surface area contributed by atoms with Crippen molar-refractivity contribution in [1.29, 1.82) is 0 Å². The van der Waals surface area contributed by atoms with Crippen LogP contribution in [0.5, 0.6) is 0 Å². The number of benzene rings is 1. The van der Waals surface area contributed by atoms with Gasteiger partial charge in [0, 0.05) is 51.2 Å². The van der Waals surface area contributed by atoms with E-state index in [-0.39, 0.29) is 36.0 Å². The molecule has 2 N–H and O–H groups in total. The van der Waals surface area contributed by atoms with E-state index in [4.69, 9.17) is 0 Å². The van der Waals surface area contributed by atoms with Crippen molar-refractivity contribution in [3.63, 3.8) is 0 Å². The van der Waals surface area contributed by atoms with Crippen molar-refractivity contribution < 1.29 is 14.7 Å². The Morgan fingerprint density at radius 1 is 1.13 bits per heavy atom. The molecule has 3 saturated heterocycles. The number of likely N-dealkylation sites (N-methyl/N-ethyl adjacent to an activating group) is 1. The molecular weight excluding hydrogens is 380 g/mol. The van der Waals surface area contributed by atoms with Crippen LogP contribution in [0.25, 0.3) is 0 Å². The quantitative estimate of drug-likeness (QED) is 0.746. The first-order valence-electron chi connectivity index (χ1n) is 11.3. The first kappa shape index (κ1) is 21.3. The maximum atomic E-state index is 12.9. The number of piperidine rings is 1. The highest BCUT2D eigenvalue weighted by Crippen LogP contribution is 2.28. The highest BCUT2D eigenvalue weighted by Gasteiger charge is 2.44. The number of rotatable bonds is 5. The molecule has 3 fully saturated rings. The monoisotopic (exact) mass is 414 g/mol. The number of hydrogen-bond acceptors (Lipinski definition) is 5. The average molecular weight is 415 g/mol. The maximum absolute atomic E-state index is 12.9. The van der Waals surface area contributed by atoms with Crippen LogP contribution in [0.3, 0.4) is 0 Å². The first-order chi connectivity index (χ1) is 14.5. The molecule has 0 bridgehead atoms. The van der Waals surface area contributed by atoms with E-state index < -0.39 is 0 Å². The molecule has 0 saturated carbocycles. The number of carbonyl (C=O) groups is 2. The summed E-state index contributed by atoms with van der Waals surface area (Å²) in [5, 5.41) is 12.8. The minimum atomic E-state index is -0.268. The summed E-state index contributed by atoms with van der Waals surface area (Å²) in [6.07, 6.45) is 3.28. The van der Waals surface area contributed by atoms with Crippen LogP contribution >= 0.6 is 0 Å². The minimum absolute atomic E-state index is 0.110. The second kappa shape index (κ2) is 9.45. The number of aliphatic hydroxyl groups is 1. The van der Waals surface area contributed by atoms with Crippen LogP contribution in [0.1, 0.15) is 37.7 Å². The molecule has 164 valence electrons. The van der Waals surface area contributed by atoms with E-state index in [9.17, 15) is 14.7 Å². The van der Waals surface area contributed by atoms with Crippen molar-refractivity contribution in [3.8, 4) is 0 Å². The van der Waals surface area contributed by atoms with Gasteiger partial charge in [-0.15, -0.1) is 0 Å². The van der Waals surface area contributed by atoms with Crippen molar-refractivity contribution in [2.45, 2.75) is 62.9 Å². The number of amides is 2. The summed E-state index contributed by atoms with van der Waals surface area (Å²) in [4.78, 5) is 32.0. The summed E-state index contributed by atoms with van der Waals surface area (Å²) < 4.78 is 0. The van der Waals surface area contributed by atoms with Gasteiger partial charge in [0.2, 0.25) is 11.8 Å². The Morgan fingerprint density at radius 2 is 1.87 bits per heavy atom. The summed E-state index contributed by atoms with van der Waals surface area (Å²) in [5.74, 6) is 0.277. The summed E-state index contributed by atoms with van der Waals surface area (Å²) in [6, 6.07) is 10.5. The molecule has 0 aromatic heterocycles. The van der Waals surface area contributed by atoms with Crippen molar-refractivity contribution in [3.05, 3.63) is 35.9 Å². The first-order valence-corrected chi connectivity index (χ1v) is 11.3. The Kier molecular flexibility index (Phi) is 6.71.